The minimum absolute atomic E-state index is 0.00764. The van der Waals surface area contributed by atoms with Gasteiger partial charge in [-0.3, -0.25) is 4.79 Å². The number of hydrogen-bond acceptors (Lipinski definition) is 6. The van der Waals surface area contributed by atoms with Crippen molar-refractivity contribution in [1.29, 1.82) is 0 Å². The Morgan fingerprint density at radius 1 is 1.44 bits per heavy atom. The molecule has 0 spiro atoms. The van der Waals surface area contributed by atoms with Crippen LogP contribution in [0.5, 0.6) is 0 Å². The quantitative estimate of drug-likeness (QED) is 0.726. The molecule has 0 aromatic carbocycles. The second-order valence-electron chi connectivity index (χ2n) is 3.66. The standard InChI is InChI=1S/C10H16N2O5S/c1-5-12(6-9(13)16-4)18(14,15)10-7(2)11-17-8(10)3/h5-6H2,1-4H3. The first-order chi connectivity index (χ1) is 8.34. The van der Waals surface area contributed by atoms with E-state index in [4.69, 9.17) is 4.52 Å². The van der Waals surface area contributed by atoms with Gasteiger partial charge in [0.25, 0.3) is 0 Å². The molecule has 0 saturated carbocycles. The predicted octanol–water partition coefficient (Wildman–Crippen LogP) is 0.475. The number of aromatic nitrogens is 1. The number of esters is 1. The first-order valence-electron chi connectivity index (χ1n) is 5.34. The molecule has 0 radical (unpaired) electrons. The molecule has 0 amide bonds. The lowest BCUT2D eigenvalue weighted by molar-refractivity contribution is -0.140. The molecule has 1 rings (SSSR count). The van der Waals surface area contributed by atoms with Crippen molar-refractivity contribution in [3.63, 3.8) is 0 Å². The van der Waals surface area contributed by atoms with Crippen molar-refractivity contribution in [2.24, 2.45) is 0 Å². The molecule has 0 aliphatic rings. The predicted molar refractivity (Wildman–Crippen MR) is 62.4 cm³/mol. The van der Waals surface area contributed by atoms with E-state index in [1.54, 1.807) is 6.92 Å². The van der Waals surface area contributed by atoms with Gasteiger partial charge in [-0.2, -0.15) is 4.31 Å². The van der Waals surface area contributed by atoms with E-state index in [9.17, 15) is 13.2 Å². The second-order valence-corrected chi connectivity index (χ2v) is 5.54. The molecule has 0 fully saturated rings. The summed E-state index contributed by atoms with van der Waals surface area (Å²) in [7, 11) is -2.59. The fourth-order valence-electron chi connectivity index (χ4n) is 1.55. The highest BCUT2D eigenvalue weighted by atomic mass is 32.2. The maximum absolute atomic E-state index is 12.3. The number of aryl methyl sites for hydroxylation is 2. The third kappa shape index (κ3) is 2.70. The highest BCUT2D eigenvalue weighted by molar-refractivity contribution is 7.89. The number of carbonyl (C=O) groups excluding carboxylic acids is 1. The number of ether oxygens (including phenoxy) is 1. The first-order valence-corrected chi connectivity index (χ1v) is 6.78. The van der Waals surface area contributed by atoms with Crippen LogP contribution in [0.2, 0.25) is 0 Å². The lowest BCUT2D eigenvalue weighted by Gasteiger charge is -2.18. The van der Waals surface area contributed by atoms with Crippen LogP contribution < -0.4 is 0 Å². The highest BCUT2D eigenvalue weighted by Gasteiger charge is 2.31. The van der Waals surface area contributed by atoms with E-state index in [-0.39, 0.29) is 29.4 Å². The molecule has 1 aromatic heterocycles. The summed E-state index contributed by atoms with van der Waals surface area (Å²) in [4.78, 5) is 11.2. The van der Waals surface area contributed by atoms with Gasteiger partial charge in [-0.25, -0.2) is 8.42 Å². The molecule has 102 valence electrons. The molecule has 0 saturated heterocycles. The Balaban J connectivity index is 3.15. The normalized spacial score (nSPS) is 11.8. The number of carbonyl (C=O) groups is 1. The molecule has 0 N–H and O–H groups in total. The van der Waals surface area contributed by atoms with Crippen LogP contribution >= 0.6 is 0 Å². The summed E-state index contributed by atoms with van der Waals surface area (Å²) in [5.74, 6) is -0.414. The van der Waals surface area contributed by atoms with Gasteiger partial charge in [-0.15, -0.1) is 0 Å². The maximum atomic E-state index is 12.3. The summed E-state index contributed by atoms with van der Waals surface area (Å²) < 4.78 is 35.0. The molecular formula is C10H16N2O5S. The van der Waals surface area contributed by atoms with Crippen LogP contribution in [0, 0.1) is 13.8 Å². The molecule has 1 aromatic rings. The zero-order valence-electron chi connectivity index (χ0n) is 10.8. The molecule has 0 aliphatic heterocycles. The van der Waals surface area contributed by atoms with E-state index in [1.807, 2.05) is 0 Å². The largest absolute Gasteiger partial charge is 0.468 e. The van der Waals surface area contributed by atoms with E-state index in [2.05, 4.69) is 9.89 Å². The smallest absolute Gasteiger partial charge is 0.321 e. The number of hydrogen-bond donors (Lipinski definition) is 0. The van der Waals surface area contributed by atoms with Crippen molar-refractivity contribution in [2.75, 3.05) is 20.2 Å². The minimum Gasteiger partial charge on any atom is -0.468 e. The molecule has 1 heterocycles. The Kier molecular flexibility index (Phi) is 4.47. The van der Waals surface area contributed by atoms with Crippen molar-refractivity contribution < 1.29 is 22.5 Å². The van der Waals surface area contributed by atoms with Gasteiger partial charge in [0.1, 0.15) is 17.1 Å². The van der Waals surface area contributed by atoms with Crippen LogP contribution in [-0.2, 0) is 19.6 Å². The van der Waals surface area contributed by atoms with Crippen LogP contribution in [0.4, 0.5) is 0 Å². The zero-order chi connectivity index (χ0) is 13.9. The summed E-state index contributed by atoms with van der Waals surface area (Å²) in [5.41, 5.74) is 0.274. The summed E-state index contributed by atoms with van der Waals surface area (Å²) in [6.45, 7) is 4.51. The highest BCUT2D eigenvalue weighted by Crippen LogP contribution is 2.22. The average molecular weight is 276 g/mol. The second kappa shape index (κ2) is 5.49. The molecule has 18 heavy (non-hydrogen) atoms. The van der Waals surface area contributed by atoms with Gasteiger partial charge in [0, 0.05) is 6.54 Å². The topological polar surface area (TPSA) is 89.7 Å². The van der Waals surface area contributed by atoms with Gasteiger partial charge in [0.05, 0.1) is 7.11 Å². The third-order valence-corrected chi connectivity index (χ3v) is 4.62. The van der Waals surface area contributed by atoms with Crippen molar-refractivity contribution in [3.05, 3.63) is 11.5 Å². The van der Waals surface area contributed by atoms with Gasteiger partial charge in [0.15, 0.2) is 5.76 Å². The number of methoxy groups -OCH3 is 1. The maximum Gasteiger partial charge on any atom is 0.321 e. The molecule has 0 atom stereocenters. The first kappa shape index (κ1) is 14.7. The number of nitrogens with zero attached hydrogens (tertiary/aromatic N) is 2. The van der Waals surface area contributed by atoms with Crippen LogP contribution in [0.25, 0.3) is 0 Å². The Bertz CT molecular complexity index is 515. The van der Waals surface area contributed by atoms with Gasteiger partial charge in [-0.05, 0) is 13.8 Å². The van der Waals surface area contributed by atoms with Gasteiger partial charge >= 0.3 is 5.97 Å². The molecule has 0 bridgehead atoms. The lowest BCUT2D eigenvalue weighted by Crippen LogP contribution is -2.36. The fourth-order valence-corrected chi connectivity index (χ4v) is 3.23. The Morgan fingerprint density at radius 3 is 2.44 bits per heavy atom. The van der Waals surface area contributed by atoms with Gasteiger partial charge < -0.3 is 9.26 Å². The van der Waals surface area contributed by atoms with E-state index in [1.165, 1.54) is 21.0 Å². The summed E-state index contributed by atoms with van der Waals surface area (Å²) >= 11 is 0. The van der Waals surface area contributed by atoms with Crippen molar-refractivity contribution in [1.82, 2.24) is 9.46 Å². The van der Waals surface area contributed by atoms with E-state index in [0.29, 0.717) is 0 Å². The Hall–Kier alpha value is -1.41. The zero-order valence-corrected chi connectivity index (χ0v) is 11.6. The van der Waals surface area contributed by atoms with E-state index < -0.39 is 16.0 Å². The fraction of sp³-hybridized carbons (Fsp3) is 0.600. The van der Waals surface area contributed by atoms with Crippen LogP contribution in [0.15, 0.2) is 9.42 Å². The SMILES string of the molecule is CCN(CC(=O)OC)S(=O)(=O)c1c(C)noc1C. The number of likely N-dealkylation sites (N-methyl/N-ethyl adjacent to an activating group) is 1. The molecule has 0 aliphatic carbocycles. The van der Waals surface area contributed by atoms with Crippen LogP contribution in [0.1, 0.15) is 18.4 Å². The molecule has 0 unspecified atom stereocenters. The molecular weight excluding hydrogens is 260 g/mol. The average Bonchev–Trinajstić information content (AvgIpc) is 2.65. The van der Waals surface area contributed by atoms with E-state index in [0.717, 1.165) is 4.31 Å². The summed E-state index contributed by atoms with van der Waals surface area (Å²) in [6, 6.07) is 0. The van der Waals surface area contributed by atoms with E-state index >= 15 is 0 Å². The van der Waals surface area contributed by atoms with Crippen molar-refractivity contribution >= 4 is 16.0 Å². The number of sulfonamides is 1. The lowest BCUT2D eigenvalue weighted by atomic mass is 10.4. The summed E-state index contributed by atoms with van der Waals surface area (Å²) in [5, 5.41) is 3.60. The van der Waals surface area contributed by atoms with Crippen LogP contribution in [-0.4, -0.2) is 44.0 Å². The number of rotatable bonds is 5. The van der Waals surface area contributed by atoms with Crippen molar-refractivity contribution in [3.8, 4) is 0 Å². The Morgan fingerprint density at radius 2 is 2.06 bits per heavy atom. The molecule has 7 nitrogen and oxygen atoms in total. The monoisotopic (exact) mass is 276 g/mol. The summed E-state index contributed by atoms with van der Waals surface area (Å²) in [6.07, 6.45) is 0. The van der Waals surface area contributed by atoms with Gasteiger partial charge in [0.2, 0.25) is 10.0 Å². The minimum atomic E-state index is -3.80. The van der Waals surface area contributed by atoms with Crippen molar-refractivity contribution in [2.45, 2.75) is 25.7 Å². The van der Waals surface area contributed by atoms with Gasteiger partial charge in [-0.1, -0.05) is 12.1 Å². The Labute approximate surface area is 106 Å². The molecule has 8 heteroatoms. The third-order valence-electron chi connectivity index (χ3n) is 2.45. The van der Waals surface area contributed by atoms with Crippen LogP contribution in [0.3, 0.4) is 0 Å².